The second-order valence-corrected chi connectivity index (χ2v) is 5.44. The minimum atomic E-state index is 0.361. The number of rotatable bonds is 8. The van der Waals surface area contributed by atoms with Gasteiger partial charge in [0.05, 0.1) is 5.69 Å². The molecule has 1 unspecified atom stereocenters. The van der Waals surface area contributed by atoms with Crippen molar-refractivity contribution in [3.05, 3.63) is 66.0 Å². The molecule has 2 rings (SSSR count). The standard InChI is InChI=1S/C18H25N3/c1-3-12-20-18(16-9-5-4-6-10-16)15-21(2)14-17-11-7-8-13-19-17/h4-11,13,18,20H,3,12,14-15H2,1-2H3. The zero-order valence-corrected chi connectivity index (χ0v) is 13.0. The molecule has 0 aliphatic rings. The SMILES string of the molecule is CCCNC(CN(C)Cc1ccccn1)c1ccccc1. The summed E-state index contributed by atoms with van der Waals surface area (Å²) in [6, 6.07) is 17.1. The minimum Gasteiger partial charge on any atom is -0.309 e. The van der Waals surface area contributed by atoms with Gasteiger partial charge in [-0.15, -0.1) is 0 Å². The summed E-state index contributed by atoms with van der Waals surface area (Å²) in [4.78, 5) is 6.72. The fourth-order valence-electron chi connectivity index (χ4n) is 2.44. The van der Waals surface area contributed by atoms with Crippen LogP contribution in [-0.4, -0.2) is 30.0 Å². The molecule has 0 aliphatic carbocycles. The molecule has 1 N–H and O–H groups in total. The maximum Gasteiger partial charge on any atom is 0.0543 e. The van der Waals surface area contributed by atoms with E-state index >= 15 is 0 Å². The Kier molecular flexibility index (Phi) is 6.38. The van der Waals surface area contributed by atoms with E-state index in [0.29, 0.717) is 6.04 Å². The van der Waals surface area contributed by atoms with Gasteiger partial charge in [0.2, 0.25) is 0 Å². The molecular formula is C18H25N3. The third kappa shape index (κ3) is 5.29. The van der Waals surface area contributed by atoms with Crippen molar-refractivity contribution in [3.8, 4) is 0 Å². The number of benzene rings is 1. The lowest BCUT2D eigenvalue weighted by Gasteiger charge is -2.25. The Morgan fingerprint density at radius 2 is 1.86 bits per heavy atom. The highest BCUT2D eigenvalue weighted by molar-refractivity contribution is 5.19. The third-order valence-corrected chi connectivity index (χ3v) is 3.49. The van der Waals surface area contributed by atoms with Gasteiger partial charge in [0.25, 0.3) is 0 Å². The van der Waals surface area contributed by atoms with E-state index in [1.165, 1.54) is 5.56 Å². The largest absolute Gasteiger partial charge is 0.309 e. The predicted octanol–water partition coefficient (Wildman–Crippen LogP) is 3.25. The molecule has 0 spiro atoms. The van der Waals surface area contributed by atoms with Gasteiger partial charge in [0, 0.05) is 25.3 Å². The molecule has 1 heterocycles. The molecule has 1 atom stereocenters. The molecule has 112 valence electrons. The van der Waals surface area contributed by atoms with Crippen LogP contribution in [0.4, 0.5) is 0 Å². The van der Waals surface area contributed by atoms with Gasteiger partial charge < -0.3 is 5.32 Å². The first kappa shape index (κ1) is 15.7. The average Bonchev–Trinajstić information content (AvgIpc) is 2.53. The summed E-state index contributed by atoms with van der Waals surface area (Å²) >= 11 is 0. The third-order valence-electron chi connectivity index (χ3n) is 3.49. The smallest absolute Gasteiger partial charge is 0.0543 e. The highest BCUT2D eigenvalue weighted by Gasteiger charge is 2.13. The van der Waals surface area contributed by atoms with Crippen molar-refractivity contribution in [2.24, 2.45) is 0 Å². The molecule has 3 nitrogen and oxygen atoms in total. The van der Waals surface area contributed by atoms with Crippen LogP contribution in [-0.2, 0) is 6.54 Å². The monoisotopic (exact) mass is 283 g/mol. The van der Waals surface area contributed by atoms with Crippen molar-refractivity contribution in [3.63, 3.8) is 0 Å². The molecule has 0 saturated heterocycles. The summed E-state index contributed by atoms with van der Waals surface area (Å²) in [5, 5.41) is 3.64. The Hall–Kier alpha value is -1.71. The summed E-state index contributed by atoms with van der Waals surface area (Å²) in [6.07, 6.45) is 3.00. The molecule has 1 aromatic heterocycles. The number of pyridine rings is 1. The Morgan fingerprint density at radius 1 is 1.10 bits per heavy atom. The molecule has 0 saturated carbocycles. The van der Waals surface area contributed by atoms with E-state index in [1.807, 2.05) is 18.3 Å². The molecule has 3 heteroatoms. The van der Waals surface area contributed by atoms with Gasteiger partial charge >= 0.3 is 0 Å². The van der Waals surface area contributed by atoms with E-state index in [1.54, 1.807) is 0 Å². The van der Waals surface area contributed by atoms with Crippen molar-refractivity contribution in [2.45, 2.75) is 25.9 Å². The molecule has 1 aromatic carbocycles. The second-order valence-electron chi connectivity index (χ2n) is 5.44. The normalized spacial score (nSPS) is 12.5. The topological polar surface area (TPSA) is 28.2 Å². The van der Waals surface area contributed by atoms with Crippen molar-refractivity contribution in [1.29, 1.82) is 0 Å². The van der Waals surface area contributed by atoms with Gasteiger partial charge in [-0.3, -0.25) is 9.88 Å². The maximum atomic E-state index is 4.40. The van der Waals surface area contributed by atoms with Crippen LogP contribution in [0.3, 0.4) is 0 Å². The van der Waals surface area contributed by atoms with E-state index in [0.717, 1.165) is 31.7 Å². The molecule has 0 aliphatic heterocycles. The lowest BCUT2D eigenvalue weighted by atomic mass is 10.1. The number of hydrogen-bond acceptors (Lipinski definition) is 3. The summed E-state index contributed by atoms with van der Waals surface area (Å²) < 4.78 is 0. The number of nitrogens with zero attached hydrogens (tertiary/aromatic N) is 2. The Morgan fingerprint density at radius 3 is 2.52 bits per heavy atom. The van der Waals surface area contributed by atoms with Crippen LogP contribution < -0.4 is 5.32 Å². The van der Waals surface area contributed by atoms with Gasteiger partial charge in [0.15, 0.2) is 0 Å². The fraction of sp³-hybridized carbons (Fsp3) is 0.389. The average molecular weight is 283 g/mol. The summed E-state index contributed by atoms with van der Waals surface area (Å²) in [6.45, 7) is 5.09. The van der Waals surface area contributed by atoms with Gasteiger partial charge in [-0.2, -0.15) is 0 Å². The molecule has 0 fully saturated rings. The zero-order chi connectivity index (χ0) is 14.9. The Balaban J connectivity index is 1.97. The maximum absolute atomic E-state index is 4.40. The zero-order valence-electron chi connectivity index (χ0n) is 13.0. The number of nitrogens with one attached hydrogen (secondary N) is 1. The molecule has 2 aromatic rings. The lowest BCUT2D eigenvalue weighted by Crippen LogP contribution is -2.33. The van der Waals surface area contributed by atoms with Crippen LogP contribution >= 0.6 is 0 Å². The highest BCUT2D eigenvalue weighted by Crippen LogP contribution is 2.14. The fourth-order valence-corrected chi connectivity index (χ4v) is 2.44. The summed E-state index contributed by atoms with van der Waals surface area (Å²) in [7, 11) is 2.15. The first-order valence-electron chi connectivity index (χ1n) is 7.66. The van der Waals surface area contributed by atoms with Crippen LogP contribution in [0.15, 0.2) is 54.7 Å². The number of aromatic nitrogens is 1. The van der Waals surface area contributed by atoms with Gasteiger partial charge in [-0.1, -0.05) is 43.3 Å². The number of hydrogen-bond donors (Lipinski definition) is 1. The quantitative estimate of drug-likeness (QED) is 0.806. The molecular weight excluding hydrogens is 258 g/mol. The van der Waals surface area contributed by atoms with Crippen molar-refractivity contribution < 1.29 is 0 Å². The Labute approximate surface area is 128 Å². The molecule has 0 amide bonds. The van der Waals surface area contributed by atoms with E-state index < -0.39 is 0 Å². The van der Waals surface area contributed by atoms with Gasteiger partial charge in [-0.25, -0.2) is 0 Å². The molecule has 0 radical (unpaired) electrons. The molecule has 21 heavy (non-hydrogen) atoms. The van der Waals surface area contributed by atoms with Gasteiger partial charge in [-0.05, 0) is 37.7 Å². The number of likely N-dealkylation sites (N-methyl/N-ethyl adjacent to an activating group) is 1. The minimum absolute atomic E-state index is 0.361. The molecule has 0 bridgehead atoms. The highest BCUT2D eigenvalue weighted by atomic mass is 15.1. The first-order chi connectivity index (χ1) is 10.3. The predicted molar refractivity (Wildman–Crippen MR) is 88.0 cm³/mol. The second kappa shape index (κ2) is 8.55. The van der Waals surface area contributed by atoms with Gasteiger partial charge in [0.1, 0.15) is 0 Å². The van der Waals surface area contributed by atoms with Crippen molar-refractivity contribution >= 4 is 0 Å². The van der Waals surface area contributed by atoms with Crippen LogP contribution in [0.5, 0.6) is 0 Å². The van der Waals surface area contributed by atoms with Crippen LogP contribution in [0, 0.1) is 0 Å². The van der Waals surface area contributed by atoms with Crippen LogP contribution in [0.2, 0.25) is 0 Å². The van der Waals surface area contributed by atoms with E-state index in [9.17, 15) is 0 Å². The van der Waals surface area contributed by atoms with Crippen LogP contribution in [0.25, 0.3) is 0 Å². The van der Waals surface area contributed by atoms with Crippen molar-refractivity contribution in [1.82, 2.24) is 15.2 Å². The van der Waals surface area contributed by atoms with Crippen LogP contribution in [0.1, 0.15) is 30.6 Å². The van der Waals surface area contributed by atoms with Crippen molar-refractivity contribution in [2.75, 3.05) is 20.1 Å². The van der Waals surface area contributed by atoms with E-state index in [-0.39, 0.29) is 0 Å². The summed E-state index contributed by atoms with van der Waals surface area (Å²) in [5.74, 6) is 0. The van der Waals surface area contributed by atoms with E-state index in [4.69, 9.17) is 0 Å². The van der Waals surface area contributed by atoms with E-state index in [2.05, 4.69) is 65.6 Å². The first-order valence-corrected chi connectivity index (χ1v) is 7.66. The Bertz CT molecular complexity index is 498. The lowest BCUT2D eigenvalue weighted by molar-refractivity contribution is 0.280. The summed E-state index contributed by atoms with van der Waals surface area (Å²) in [5.41, 5.74) is 2.46.